The van der Waals surface area contributed by atoms with Crippen LogP contribution in [0.2, 0.25) is 0 Å². The molecule has 0 aliphatic rings. The van der Waals surface area contributed by atoms with E-state index in [1.54, 1.807) is 7.11 Å². The van der Waals surface area contributed by atoms with Gasteiger partial charge in [0.2, 0.25) is 3.57 Å². The normalized spacial score (nSPS) is 13.2. The summed E-state index contributed by atoms with van der Waals surface area (Å²) >= 11 is -0.887. The van der Waals surface area contributed by atoms with Crippen molar-refractivity contribution in [2.75, 3.05) is 7.11 Å². The molecule has 1 N–H and O–H groups in total. The van der Waals surface area contributed by atoms with Crippen LogP contribution in [0, 0.1) is 3.57 Å². The van der Waals surface area contributed by atoms with Gasteiger partial charge < -0.3 is 4.74 Å². The lowest BCUT2D eigenvalue weighted by atomic mass is 9.99. The van der Waals surface area contributed by atoms with Crippen LogP contribution in [0.3, 0.4) is 0 Å². The molecule has 3 heteroatoms. The second kappa shape index (κ2) is 5.82. The number of methoxy groups -OCH3 is 1. The molecule has 0 bridgehead atoms. The van der Waals surface area contributed by atoms with Crippen LogP contribution in [0.5, 0.6) is 0 Å². The average molecular weight is 321 g/mol. The summed E-state index contributed by atoms with van der Waals surface area (Å²) in [6.45, 7) is 6.32. The maximum absolute atomic E-state index is 9.55. The minimum Gasteiger partial charge on any atom is -0.377 e. The molecule has 2 nitrogen and oxygen atoms in total. The van der Waals surface area contributed by atoms with Gasteiger partial charge in [-0.2, -0.15) is 3.44 Å². The zero-order chi connectivity index (χ0) is 11.4. The van der Waals surface area contributed by atoms with Gasteiger partial charge in [0.1, 0.15) is 0 Å². The lowest BCUT2D eigenvalue weighted by Crippen LogP contribution is -3.61. The summed E-state index contributed by atoms with van der Waals surface area (Å²) in [5.41, 5.74) is 2.39. The SMILES string of the molecule is CO[C@@H](C)c1cccc(C(C)C)c1[I+]O. The van der Waals surface area contributed by atoms with Gasteiger partial charge in [-0.1, -0.05) is 32.0 Å². The summed E-state index contributed by atoms with van der Waals surface area (Å²) in [6.07, 6.45) is 0.0607. The highest BCUT2D eigenvalue weighted by atomic mass is 127. The Balaban J connectivity index is 3.22. The molecule has 1 atom stereocenters. The van der Waals surface area contributed by atoms with E-state index in [0.717, 1.165) is 9.13 Å². The third kappa shape index (κ3) is 2.92. The van der Waals surface area contributed by atoms with Crippen LogP contribution in [0.4, 0.5) is 0 Å². The molecule has 1 aromatic rings. The lowest BCUT2D eigenvalue weighted by molar-refractivity contribution is -0.867. The van der Waals surface area contributed by atoms with Crippen LogP contribution in [-0.4, -0.2) is 10.5 Å². The molecule has 0 radical (unpaired) electrons. The molecule has 0 aliphatic carbocycles. The van der Waals surface area contributed by atoms with Crippen molar-refractivity contribution in [2.24, 2.45) is 0 Å². The molecule has 0 unspecified atom stereocenters. The van der Waals surface area contributed by atoms with Crippen LogP contribution in [-0.2, 0) is 4.74 Å². The van der Waals surface area contributed by atoms with Crippen LogP contribution in [0.25, 0.3) is 0 Å². The van der Waals surface area contributed by atoms with Crippen LogP contribution in [0.15, 0.2) is 18.2 Å². The maximum atomic E-state index is 9.55. The van der Waals surface area contributed by atoms with Gasteiger partial charge >= 0.3 is 21.6 Å². The Morgan fingerprint density at radius 1 is 1.20 bits per heavy atom. The van der Waals surface area contributed by atoms with E-state index in [1.807, 2.05) is 19.1 Å². The summed E-state index contributed by atoms with van der Waals surface area (Å²) in [6, 6.07) is 6.19. The van der Waals surface area contributed by atoms with Crippen molar-refractivity contribution in [1.82, 2.24) is 0 Å². The summed E-state index contributed by atoms with van der Waals surface area (Å²) in [7, 11) is 1.70. The van der Waals surface area contributed by atoms with Gasteiger partial charge in [0.15, 0.2) is 0 Å². The molecule has 0 aromatic heterocycles. The van der Waals surface area contributed by atoms with Gasteiger partial charge in [-0.3, -0.25) is 0 Å². The summed E-state index contributed by atoms with van der Waals surface area (Å²) in [4.78, 5) is 0. The van der Waals surface area contributed by atoms with E-state index in [0.29, 0.717) is 5.92 Å². The highest BCUT2D eigenvalue weighted by molar-refractivity contribution is 5.26. The Morgan fingerprint density at radius 3 is 2.27 bits per heavy atom. The van der Waals surface area contributed by atoms with E-state index in [9.17, 15) is 3.44 Å². The fourth-order valence-corrected chi connectivity index (χ4v) is 3.53. The molecular weight excluding hydrogens is 303 g/mol. The van der Waals surface area contributed by atoms with Gasteiger partial charge in [-0.25, -0.2) is 0 Å². The van der Waals surface area contributed by atoms with Gasteiger partial charge in [0, 0.05) is 18.2 Å². The van der Waals surface area contributed by atoms with Crippen LogP contribution >= 0.6 is 0 Å². The standard InChI is InChI=1S/C12H18IO2/c1-8(2)10-6-5-7-11(9(3)15-4)12(10)13-14/h5-9,14H,1-4H3/q+1/t9-/m0/s1. The van der Waals surface area contributed by atoms with Crippen molar-refractivity contribution in [3.63, 3.8) is 0 Å². The van der Waals surface area contributed by atoms with Crippen molar-refractivity contribution in [1.29, 1.82) is 0 Å². The third-order valence-corrected chi connectivity index (χ3v) is 4.28. The Hall–Kier alpha value is -0.130. The van der Waals surface area contributed by atoms with Crippen LogP contribution < -0.4 is 21.6 Å². The summed E-state index contributed by atoms with van der Waals surface area (Å²) < 4.78 is 16.0. The number of hydrogen-bond donors (Lipinski definition) is 1. The minimum atomic E-state index is -0.887. The predicted octanol–water partition coefficient (Wildman–Crippen LogP) is -0.317. The molecule has 0 fully saturated rings. The van der Waals surface area contributed by atoms with Crippen molar-refractivity contribution in [3.8, 4) is 0 Å². The third-order valence-electron chi connectivity index (χ3n) is 2.56. The van der Waals surface area contributed by atoms with Gasteiger partial charge in [-0.15, -0.1) is 0 Å². The van der Waals surface area contributed by atoms with Gasteiger partial charge in [-0.05, 0) is 12.8 Å². The Labute approximate surface area is 102 Å². The second-order valence-corrected chi connectivity index (χ2v) is 5.43. The molecule has 0 heterocycles. The number of benzene rings is 1. The lowest BCUT2D eigenvalue weighted by Gasteiger charge is -2.12. The van der Waals surface area contributed by atoms with Gasteiger partial charge in [0.05, 0.1) is 6.10 Å². The zero-order valence-corrected chi connectivity index (χ0v) is 11.8. The summed E-state index contributed by atoms with van der Waals surface area (Å²) in [5.74, 6) is 0.454. The van der Waals surface area contributed by atoms with E-state index in [1.165, 1.54) is 5.56 Å². The van der Waals surface area contributed by atoms with E-state index in [-0.39, 0.29) is 6.10 Å². The Kier molecular flexibility index (Phi) is 5.02. The summed E-state index contributed by atoms with van der Waals surface area (Å²) in [5, 5.41) is 0. The average Bonchev–Trinajstić information content (AvgIpc) is 2.26. The molecule has 1 rings (SSSR count). The maximum Gasteiger partial charge on any atom is 0.519 e. The van der Waals surface area contributed by atoms with Crippen molar-refractivity contribution < 1.29 is 29.8 Å². The van der Waals surface area contributed by atoms with E-state index >= 15 is 0 Å². The smallest absolute Gasteiger partial charge is 0.377 e. The van der Waals surface area contributed by atoms with E-state index < -0.39 is 21.6 Å². The highest BCUT2D eigenvalue weighted by Gasteiger charge is 2.25. The molecule has 0 spiro atoms. The number of halogens is 1. The topological polar surface area (TPSA) is 29.5 Å². The Bertz CT molecular complexity index is 323. The molecule has 0 amide bonds. The first kappa shape index (κ1) is 12.9. The zero-order valence-electron chi connectivity index (χ0n) is 9.62. The molecule has 0 saturated carbocycles. The van der Waals surface area contributed by atoms with Crippen molar-refractivity contribution in [2.45, 2.75) is 32.8 Å². The largest absolute Gasteiger partial charge is 0.519 e. The molecule has 15 heavy (non-hydrogen) atoms. The minimum absolute atomic E-state index is 0.0607. The van der Waals surface area contributed by atoms with Crippen molar-refractivity contribution in [3.05, 3.63) is 32.9 Å². The fourth-order valence-electron chi connectivity index (χ4n) is 1.55. The number of ether oxygens (including phenoxy) is 1. The quantitative estimate of drug-likeness (QED) is 0.771. The Morgan fingerprint density at radius 2 is 1.80 bits per heavy atom. The van der Waals surface area contributed by atoms with E-state index in [2.05, 4.69) is 19.9 Å². The molecular formula is C12H18IO2+. The predicted molar refractivity (Wildman–Crippen MR) is 56.9 cm³/mol. The first-order valence-electron chi connectivity index (χ1n) is 5.06. The van der Waals surface area contributed by atoms with Crippen molar-refractivity contribution >= 4 is 0 Å². The molecule has 0 saturated heterocycles. The molecule has 0 aliphatic heterocycles. The number of hydrogen-bond acceptors (Lipinski definition) is 2. The monoisotopic (exact) mass is 321 g/mol. The first-order chi connectivity index (χ1) is 7.11. The molecule has 84 valence electrons. The fraction of sp³-hybridized carbons (Fsp3) is 0.500. The van der Waals surface area contributed by atoms with Crippen LogP contribution in [0.1, 0.15) is 43.9 Å². The highest BCUT2D eigenvalue weighted by Crippen LogP contribution is 2.21. The number of rotatable bonds is 4. The molecule has 1 aromatic carbocycles. The van der Waals surface area contributed by atoms with Gasteiger partial charge in [0.25, 0.3) is 0 Å². The first-order valence-corrected chi connectivity index (χ1v) is 7.10. The second-order valence-electron chi connectivity index (χ2n) is 3.87. The van der Waals surface area contributed by atoms with E-state index in [4.69, 9.17) is 4.74 Å².